The molecule has 0 saturated heterocycles. The molecule has 0 spiro atoms. The third kappa shape index (κ3) is 5.49. The Morgan fingerprint density at radius 1 is 1.07 bits per heavy atom. The second-order valence-electron chi connectivity index (χ2n) is 6.96. The molecule has 2 atom stereocenters. The predicted octanol–water partition coefficient (Wildman–Crippen LogP) is 3.09. The molecule has 1 aliphatic rings. The van der Waals surface area contributed by atoms with E-state index in [0.717, 1.165) is 17.5 Å². The van der Waals surface area contributed by atoms with Crippen molar-refractivity contribution in [3.05, 3.63) is 59.7 Å². The lowest BCUT2D eigenvalue weighted by Crippen LogP contribution is -2.28. The average molecular weight is 383 g/mol. The minimum atomic E-state index is -0.329. The van der Waals surface area contributed by atoms with E-state index >= 15 is 0 Å². The topological polar surface area (TPSA) is 73.9 Å². The molecule has 28 heavy (non-hydrogen) atoms. The predicted molar refractivity (Wildman–Crippen MR) is 104 cm³/mol. The molecular weight excluding hydrogens is 358 g/mol. The van der Waals surface area contributed by atoms with Crippen LogP contribution < -0.4 is 14.8 Å². The summed E-state index contributed by atoms with van der Waals surface area (Å²) >= 11 is 0. The largest absolute Gasteiger partial charge is 0.493 e. The van der Waals surface area contributed by atoms with E-state index in [1.54, 1.807) is 7.11 Å². The van der Waals surface area contributed by atoms with Crippen LogP contribution >= 0.6 is 0 Å². The third-order valence-electron chi connectivity index (χ3n) is 4.71. The number of hydrogen-bond donors (Lipinski definition) is 1. The van der Waals surface area contributed by atoms with Crippen LogP contribution in [0, 0.1) is 11.8 Å². The Bertz CT molecular complexity index is 821. The highest BCUT2D eigenvalue weighted by atomic mass is 16.5. The molecule has 1 aliphatic carbocycles. The van der Waals surface area contributed by atoms with E-state index in [2.05, 4.69) is 5.32 Å². The molecule has 0 heterocycles. The van der Waals surface area contributed by atoms with Gasteiger partial charge in [-0.15, -0.1) is 0 Å². The zero-order valence-electron chi connectivity index (χ0n) is 16.1. The van der Waals surface area contributed by atoms with Gasteiger partial charge in [0.25, 0.3) is 5.91 Å². The summed E-state index contributed by atoms with van der Waals surface area (Å²) in [4.78, 5) is 23.5. The van der Waals surface area contributed by atoms with E-state index in [4.69, 9.17) is 14.2 Å². The lowest BCUT2D eigenvalue weighted by molar-refractivity contribution is -0.150. The molecule has 1 amide bonds. The zero-order chi connectivity index (χ0) is 19.9. The van der Waals surface area contributed by atoms with Crippen LogP contribution in [0.5, 0.6) is 11.5 Å². The number of hydrogen-bond acceptors (Lipinski definition) is 5. The van der Waals surface area contributed by atoms with E-state index in [9.17, 15) is 9.59 Å². The van der Waals surface area contributed by atoms with Gasteiger partial charge in [0.15, 0.2) is 18.1 Å². The standard InChI is InChI=1S/C22H25NO5/c1-15-10-18(15)22(25)28-14-21(24)23-12-17-8-9-19(20(11-17)26-2)27-13-16-6-4-3-5-7-16/h3-9,11,15,18H,10,12-14H2,1-2H3,(H,23,24)/t15-,18-/m0/s1. The highest BCUT2D eigenvalue weighted by molar-refractivity contribution is 5.82. The Morgan fingerprint density at radius 2 is 1.82 bits per heavy atom. The summed E-state index contributed by atoms with van der Waals surface area (Å²) in [5.41, 5.74) is 1.93. The Morgan fingerprint density at radius 3 is 2.50 bits per heavy atom. The van der Waals surface area contributed by atoms with Gasteiger partial charge in [0, 0.05) is 6.54 Å². The first-order valence-electron chi connectivity index (χ1n) is 9.34. The van der Waals surface area contributed by atoms with E-state index in [0.29, 0.717) is 30.6 Å². The summed E-state index contributed by atoms with van der Waals surface area (Å²) in [6.07, 6.45) is 0.846. The van der Waals surface area contributed by atoms with Crippen LogP contribution in [0.25, 0.3) is 0 Å². The molecule has 1 fully saturated rings. The molecule has 1 N–H and O–H groups in total. The maximum absolute atomic E-state index is 11.9. The Balaban J connectivity index is 1.47. The van der Waals surface area contributed by atoms with Crippen LogP contribution in [0.2, 0.25) is 0 Å². The van der Waals surface area contributed by atoms with Gasteiger partial charge < -0.3 is 19.5 Å². The van der Waals surface area contributed by atoms with Gasteiger partial charge in [-0.25, -0.2) is 0 Å². The Hall–Kier alpha value is -3.02. The van der Waals surface area contributed by atoms with Gasteiger partial charge >= 0.3 is 5.97 Å². The molecule has 0 unspecified atom stereocenters. The summed E-state index contributed by atoms with van der Waals surface area (Å²) in [5, 5.41) is 2.74. The molecule has 0 aliphatic heterocycles. The highest BCUT2D eigenvalue weighted by Crippen LogP contribution is 2.38. The van der Waals surface area contributed by atoms with Crippen LogP contribution in [-0.2, 0) is 27.5 Å². The van der Waals surface area contributed by atoms with Gasteiger partial charge in [-0.1, -0.05) is 43.3 Å². The van der Waals surface area contributed by atoms with Gasteiger partial charge in [0.1, 0.15) is 6.61 Å². The molecule has 0 radical (unpaired) electrons. The van der Waals surface area contributed by atoms with Crippen LogP contribution in [0.3, 0.4) is 0 Å². The summed E-state index contributed by atoms with van der Waals surface area (Å²) in [7, 11) is 1.57. The van der Waals surface area contributed by atoms with E-state index in [1.807, 2.05) is 55.5 Å². The zero-order valence-corrected chi connectivity index (χ0v) is 16.1. The van der Waals surface area contributed by atoms with Crippen molar-refractivity contribution in [3.8, 4) is 11.5 Å². The number of amides is 1. The van der Waals surface area contributed by atoms with E-state index < -0.39 is 0 Å². The Labute approximate surface area is 164 Å². The van der Waals surface area contributed by atoms with Gasteiger partial charge in [-0.3, -0.25) is 9.59 Å². The van der Waals surface area contributed by atoms with E-state index in [-0.39, 0.29) is 24.4 Å². The van der Waals surface area contributed by atoms with Crippen molar-refractivity contribution in [2.24, 2.45) is 11.8 Å². The number of carbonyl (C=O) groups excluding carboxylic acids is 2. The van der Waals surface area contributed by atoms with Crippen LogP contribution in [0.4, 0.5) is 0 Å². The van der Waals surface area contributed by atoms with Crippen molar-refractivity contribution in [1.29, 1.82) is 0 Å². The van der Waals surface area contributed by atoms with Gasteiger partial charge in [-0.05, 0) is 35.6 Å². The number of nitrogens with one attached hydrogen (secondary N) is 1. The van der Waals surface area contributed by atoms with Crippen molar-refractivity contribution in [2.45, 2.75) is 26.5 Å². The molecule has 148 valence electrons. The molecule has 0 aromatic heterocycles. The summed E-state index contributed by atoms with van der Waals surface area (Å²) in [6.45, 7) is 2.49. The molecule has 3 rings (SSSR count). The van der Waals surface area contributed by atoms with Crippen LogP contribution in [0.15, 0.2) is 48.5 Å². The van der Waals surface area contributed by atoms with Crippen molar-refractivity contribution in [1.82, 2.24) is 5.32 Å². The molecule has 6 nitrogen and oxygen atoms in total. The lowest BCUT2D eigenvalue weighted by atomic mass is 10.2. The molecule has 2 aromatic carbocycles. The number of methoxy groups -OCH3 is 1. The number of esters is 1. The number of ether oxygens (including phenoxy) is 3. The average Bonchev–Trinajstić information content (AvgIpc) is 3.46. The second kappa shape index (κ2) is 9.26. The minimum absolute atomic E-state index is 0.0412. The summed E-state index contributed by atoms with van der Waals surface area (Å²) in [6, 6.07) is 15.4. The van der Waals surface area contributed by atoms with Crippen molar-refractivity contribution in [2.75, 3.05) is 13.7 Å². The minimum Gasteiger partial charge on any atom is -0.493 e. The first-order chi connectivity index (χ1) is 13.6. The van der Waals surface area contributed by atoms with Gasteiger partial charge in [0.05, 0.1) is 13.0 Å². The SMILES string of the molecule is COc1cc(CNC(=O)COC(=O)[C@H]2C[C@@H]2C)ccc1OCc1ccccc1. The maximum atomic E-state index is 11.9. The fraction of sp³-hybridized carbons (Fsp3) is 0.364. The van der Waals surface area contributed by atoms with Gasteiger partial charge in [-0.2, -0.15) is 0 Å². The smallest absolute Gasteiger partial charge is 0.309 e. The third-order valence-corrected chi connectivity index (χ3v) is 4.71. The lowest BCUT2D eigenvalue weighted by Gasteiger charge is -2.13. The number of benzene rings is 2. The van der Waals surface area contributed by atoms with Crippen molar-refractivity contribution < 1.29 is 23.8 Å². The monoisotopic (exact) mass is 383 g/mol. The molecule has 1 saturated carbocycles. The molecular formula is C22H25NO5. The molecule has 6 heteroatoms. The van der Waals surface area contributed by atoms with Gasteiger partial charge in [0.2, 0.25) is 0 Å². The van der Waals surface area contributed by atoms with Crippen molar-refractivity contribution in [3.63, 3.8) is 0 Å². The quantitative estimate of drug-likeness (QED) is 0.674. The van der Waals surface area contributed by atoms with Crippen molar-refractivity contribution >= 4 is 11.9 Å². The number of carbonyl (C=O) groups is 2. The Kier molecular flexibility index (Phi) is 6.53. The first kappa shape index (κ1) is 19.7. The number of rotatable bonds is 9. The van der Waals surface area contributed by atoms with Crippen LogP contribution in [-0.4, -0.2) is 25.6 Å². The summed E-state index contributed by atoms with van der Waals surface area (Å²) in [5.74, 6) is 0.936. The maximum Gasteiger partial charge on any atom is 0.309 e. The summed E-state index contributed by atoms with van der Waals surface area (Å²) < 4.78 is 16.3. The molecule has 0 bridgehead atoms. The normalized spacial score (nSPS) is 17.5. The second-order valence-corrected chi connectivity index (χ2v) is 6.96. The first-order valence-corrected chi connectivity index (χ1v) is 9.34. The van der Waals surface area contributed by atoms with E-state index in [1.165, 1.54) is 0 Å². The fourth-order valence-corrected chi connectivity index (χ4v) is 2.82. The van der Waals surface area contributed by atoms with Crippen LogP contribution in [0.1, 0.15) is 24.5 Å². The highest BCUT2D eigenvalue weighted by Gasteiger charge is 2.40. The fourth-order valence-electron chi connectivity index (χ4n) is 2.82. The molecule has 2 aromatic rings.